The van der Waals surface area contributed by atoms with Crippen molar-refractivity contribution >= 4 is 16.6 Å². The van der Waals surface area contributed by atoms with Crippen LogP contribution in [0.3, 0.4) is 0 Å². The van der Waals surface area contributed by atoms with Crippen LogP contribution in [0.2, 0.25) is 0 Å². The molecule has 2 bridgehead atoms. The lowest BCUT2D eigenvalue weighted by atomic mass is 10.0. The van der Waals surface area contributed by atoms with Crippen LogP contribution in [0.25, 0.3) is 10.9 Å². The van der Waals surface area contributed by atoms with Gasteiger partial charge in [0.05, 0.1) is 6.61 Å². The van der Waals surface area contributed by atoms with Crippen molar-refractivity contribution in [2.75, 3.05) is 25.1 Å². The summed E-state index contributed by atoms with van der Waals surface area (Å²) in [4.78, 5) is 2.57. The van der Waals surface area contributed by atoms with E-state index in [-0.39, 0.29) is 6.61 Å². The molecule has 0 radical (unpaired) electrons. The van der Waals surface area contributed by atoms with Crippen LogP contribution in [-0.4, -0.2) is 46.6 Å². The third-order valence-corrected chi connectivity index (χ3v) is 6.24. The van der Waals surface area contributed by atoms with E-state index in [1.165, 1.54) is 18.4 Å². The first kappa shape index (κ1) is 18.3. The normalized spacial score (nSPS) is 23.7. The Kier molecular flexibility index (Phi) is 4.81. The third-order valence-electron chi connectivity index (χ3n) is 6.24. The zero-order valence-electron chi connectivity index (χ0n) is 16.3. The number of aromatic nitrogens is 1. The van der Waals surface area contributed by atoms with Gasteiger partial charge in [-0.15, -0.1) is 0 Å². The Labute approximate surface area is 170 Å². The van der Waals surface area contributed by atoms with Gasteiger partial charge in [0.25, 0.3) is 0 Å². The molecule has 2 heterocycles. The number of benzene rings is 2. The molecule has 29 heavy (non-hydrogen) atoms. The van der Waals surface area contributed by atoms with E-state index >= 15 is 0 Å². The first-order valence-electron chi connectivity index (χ1n) is 10.3. The second kappa shape index (κ2) is 7.61. The van der Waals surface area contributed by atoms with Crippen LogP contribution in [0.4, 0.5) is 5.69 Å². The number of hydrogen-bond acceptors (Lipinski definition) is 5. The van der Waals surface area contributed by atoms with Crippen LogP contribution in [0.1, 0.15) is 18.4 Å². The fourth-order valence-electron chi connectivity index (χ4n) is 5.03. The molecule has 1 aliphatic heterocycles. The molecule has 0 amide bonds. The molecule has 3 unspecified atom stereocenters. The Morgan fingerprint density at radius 1 is 1.14 bits per heavy atom. The Bertz CT molecular complexity index is 1000. The highest BCUT2D eigenvalue weighted by Crippen LogP contribution is 2.40. The summed E-state index contributed by atoms with van der Waals surface area (Å²) in [7, 11) is 0. The second-order valence-corrected chi connectivity index (χ2v) is 8.22. The van der Waals surface area contributed by atoms with Crippen molar-refractivity contribution in [2.45, 2.75) is 31.5 Å². The van der Waals surface area contributed by atoms with E-state index in [1.807, 2.05) is 30.3 Å². The molecule has 1 saturated heterocycles. The van der Waals surface area contributed by atoms with E-state index in [2.05, 4.69) is 28.4 Å². The number of nitrogens with zero attached hydrogens (tertiary/aromatic N) is 2. The quantitative estimate of drug-likeness (QED) is 0.644. The minimum Gasteiger partial charge on any atom is -0.806 e. The Hall–Kier alpha value is -2.70. The Morgan fingerprint density at radius 2 is 2.07 bits per heavy atom. The maximum absolute atomic E-state index is 11.7. The molecular weight excluding hydrogens is 366 g/mol. The number of aliphatic hydroxyl groups excluding tert-OH is 1. The van der Waals surface area contributed by atoms with Crippen LogP contribution >= 0.6 is 0 Å². The molecule has 2 aromatic carbocycles. The monoisotopic (exact) mass is 392 g/mol. The summed E-state index contributed by atoms with van der Waals surface area (Å²) < 4.78 is 6.47. The van der Waals surface area contributed by atoms with E-state index < -0.39 is 0 Å². The molecule has 1 aromatic heterocycles. The predicted octanol–water partition coefficient (Wildman–Crippen LogP) is 3.43. The van der Waals surface area contributed by atoms with Gasteiger partial charge in [0.2, 0.25) is 0 Å². The van der Waals surface area contributed by atoms with Crippen molar-refractivity contribution in [1.82, 2.24) is 9.63 Å². The third kappa shape index (κ3) is 3.66. The zero-order valence-corrected chi connectivity index (χ0v) is 16.3. The van der Waals surface area contributed by atoms with Crippen molar-refractivity contribution in [3.05, 3.63) is 65.5 Å². The van der Waals surface area contributed by atoms with Crippen molar-refractivity contribution in [2.24, 2.45) is 5.92 Å². The number of likely N-dealkylation sites (tertiary alicyclic amines) is 1. The van der Waals surface area contributed by atoms with Gasteiger partial charge in [0, 0.05) is 41.8 Å². The topological polar surface area (TPSA) is 72.7 Å². The lowest BCUT2D eigenvalue weighted by Gasteiger charge is -2.34. The molecule has 0 spiro atoms. The number of fused-ring (bicyclic) bond motifs is 3. The van der Waals surface area contributed by atoms with Gasteiger partial charge in [0.1, 0.15) is 12.4 Å². The maximum Gasteiger partial charge on any atom is 0.119 e. The number of anilines is 1. The smallest absolute Gasteiger partial charge is 0.119 e. The van der Waals surface area contributed by atoms with Crippen molar-refractivity contribution < 1.29 is 9.84 Å². The van der Waals surface area contributed by atoms with Crippen LogP contribution in [0.15, 0.2) is 54.7 Å². The summed E-state index contributed by atoms with van der Waals surface area (Å²) in [6.07, 6.45) is 3.99. The van der Waals surface area contributed by atoms with Gasteiger partial charge >= 0.3 is 0 Å². The standard InChI is InChI=1S/C23H26N3O3/c27-8-9-29-20-3-1-2-16(10-20)14-25-15-17-11-21(23(25)12-17)24-19-4-5-22-18(13-19)6-7-26(22)28/h1-7,10,13,17,21,23-24,27H,8-9,11-12,14-15H2/q-1. The summed E-state index contributed by atoms with van der Waals surface area (Å²) in [5.41, 5.74) is 3.04. The fraction of sp³-hybridized carbons (Fsp3) is 0.391. The summed E-state index contributed by atoms with van der Waals surface area (Å²) in [5.74, 6) is 1.55. The number of aliphatic hydroxyl groups is 1. The molecule has 1 aliphatic carbocycles. The first-order chi connectivity index (χ1) is 14.2. The predicted molar refractivity (Wildman–Crippen MR) is 114 cm³/mol. The summed E-state index contributed by atoms with van der Waals surface area (Å²) in [6.45, 7) is 2.40. The van der Waals surface area contributed by atoms with Gasteiger partial charge in [-0.3, -0.25) is 4.90 Å². The second-order valence-electron chi connectivity index (χ2n) is 8.22. The minimum absolute atomic E-state index is 0.0266. The van der Waals surface area contributed by atoms with E-state index in [9.17, 15) is 5.21 Å². The number of piperidine rings is 1. The van der Waals surface area contributed by atoms with Gasteiger partial charge in [-0.05, 0) is 66.9 Å². The van der Waals surface area contributed by atoms with Crippen LogP contribution < -0.4 is 10.1 Å². The number of ether oxygens (including phenoxy) is 1. The summed E-state index contributed by atoms with van der Waals surface area (Å²) >= 11 is 0. The molecule has 6 nitrogen and oxygen atoms in total. The Balaban J connectivity index is 1.27. The number of hydrogen-bond donors (Lipinski definition) is 2. The lowest BCUT2D eigenvalue weighted by Crippen LogP contribution is -2.44. The molecule has 1 saturated carbocycles. The number of rotatable bonds is 7. The van der Waals surface area contributed by atoms with Crippen molar-refractivity contribution in [3.63, 3.8) is 0 Å². The fourth-order valence-corrected chi connectivity index (χ4v) is 5.03. The zero-order chi connectivity index (χ0) is 19.8. The molecule has 2 aliphatic rings. The molecule has 5 rings (SSSR count). The van der Waals surface area contributed by atoms with Gasteiger partial charge in [-0.2, -0.15) is 0 Å². The van der Waals surface area contributed by atoms with Gasteiger partial charge in [-0.25, -0.2) is 0 Å². The molecule has 152 valence electrons. The van der Waals surface area contributed by atoms with E-state index in [4.69, 9.17) is 9.84 Å². The molecule has 2 fully saturated rings. The highest BCUT2D eigenvalue weighted by Gasteiger charge is 2.44. The summed E-state index contributed by atoms with van der Waals surface area (Å²) in [6, 6.07) is 17.0. The van der Waals surface area contributed by atoms with Crippen molar-refractivity contribution in [3.8, 4) is 5.75 Å². The van der Waals surface area contributed by atoms with Gasteiger partial charge in [0.15, 0.2) is 0 Å². The highest BCUT2D eigenvalue weighted by molar-refractivity contribution is 5.84. The van der Waals surface area contributed by atoms with Gasteiger partial charge < -0.3 is 25.1 Å². The van der Waals surface area contributed by atoms with Gasteiger partial charge in [-0.1, -0.05) is 12.1 Å². The lowest BCUT2D eigenvalue weighted by molar-refractivity contribution is 0.191. The van der Waals surface area contributed by atoms with Crippen LogP contribution in [-0.2, 0) is 6.54 Å². The number of nitrogens with one attached hydrogen (secondary N) is 1. The minimum atomic E-state index is 0.0266. The van der Waals surface area contributed by atoms with E-state index in [0.717, 1.165) is 40.6 Å². The molecule has 3 aromatic rings. The van der Waals surface area contributed by atoms with Crippen LogP contribution in [0.5, 0.6) is 5.75 Å². The largest absolute Gasteiger partial charge is 0.806 e. The Morgan fingerprint density at radius 3 is 2.93 bits per heavy atom. The van der Waals surface area contributed by atoms with E-state index in [1.54, 1.807) is 6.20 Å². The average Bonchev–Trinajstić information content (AvgIpc) is 3.41. The maximum atomic E-state index is 11.7. The molecule has 6 heteroatoms. The first-order valence-corrected chi connectivity index (χ1v) is 10.3. The highest BCUT2D eigenvalue weighted by atomic mass is 16.5. The van der Waals surface area contributed by atoms with E-state index in [0.29, 0.717) is 24.2 Å². The molecule has 3 atom stereocenters. The van der Waals surface area contributed by atoms with Crippen LogP contribution in [0, 0.1) is 11.1 Å². The SMILES string of the molecule is [O-]n1ccc2cc(NC3CC4CC3N(Cc3cccc(OCCO)c3)C4)ccc21. The average molecular weight is 392 g/mol. The van der Waals surface area contributed by atoms with Crippen molar-refractivity contribution in [1.29, 1.82) is 0 Å². The summed E-state index contributed by atoms with van der Waals surface area (Å²) in [5, 5.41) is 25.4. The molecular formula is C23H26N3O3-. The molecule has 2 N–H and O–H groups in total.